The van der Waals surface area contributed by atoms with E-state index in [1.165, 1.54) is 0 Å². The number of rotatable bonds is 7. The molecule has 0 saturated carbocycles. The van der Waals surface area contributed by atoms with E-state index in [9.17, 15) is 26.0 Å². The van der Waals surface area contributed by atoms with Gasteiger partial charge >= 0.3 is 5.51 Å². The van der Waals surface area contributed by atoms with Crippen LogP contribution in [0.1, 0.15) is 5.56 Å². The van der Waals surface area contributed by atoms with E-state index in [1.807, 2.05) is 4.72 Å². The normalized spacial score (nSPS) is 12.6. The molecular formula is C11H14F4N2O2S2. The van der Waals surface area contributed by atoms with E-state index in [-0.39, 0.29) is 35.3 Å². The lowest BCUT2D eigenvalue weighted by molar-refractivity contribution is -0.0327. The van der Waals surface area contributed by atoms with Crippen molar-refractivity contribution < 1.29 is 26.0 Å². The number of hydrogen-bond donors (Lipinski definition) is 2. The molecule has 2 N–H and O–H groups in total. The van der Waals surface area contributed by atoms with Gasteiger partial charge in [0.2, 0.25) is 10.0 Å². The van der Waals surface area contributed by atoms with E-state index in [4.69, 9.17) is 0 Å². The molecule has 0 saturated heterocycles. The van der Waals surface area contributed by atoms with Crippen LogP contribution in [0.2, 0.25) is 0 Å². The summed E-state index contributed by atoms with van der Waals surface area (Å²) in [5.74, 6) is -0.997. The second kappa shape index (κ2) is 7.43. The third-order valence-electron chi connectivity index (χ3n) is 2.35. The summed E-state index contributed by atoms with van der Waals surface area (Å²) in [6, 6.07) is 3.21. The fourth-order valence-electron chi connectivity index (χ4n) is 1.47. The van der Waals surface area contributed by atoms with E-state index in [0.717, 1.165) is 18.2 Å². The Morgan fingerprint density at radius 1 is 1.29 bits per heavy atom. The number of sulfonamides is 1. The van der Waals surface area contributed by atoms with Crippen LogP contribution in [0.15, 0.2) is 23.1 Å². The zero-order chi connectivity index (χ0) is 16.1. The average Bonchev–Trinajstić information content (AvgIpc) is 2.36. The van der Waals surface area contributed by atoms with Crippen LogP contribution in [-0.4, -0.2) is 33.3 Å². The molecule has 0 radical (unpaired) electrons. The first-order chi connectivity index (χ1) is 9.65. The van der Waals surface area contributed by atoms with Crippen LogP contribution in [0, 0.1) is 5.82 Å². The zero-order valence-corrected chi connectivity index (χ0v) is 12.6. The van der Waals surface area contributed by atoms with E-state index < -0.39 is 27.1 Å². The molecule has 0 aliphatic rings. The molecule has 0 fully saturated rings. The van der Waals surface area contributed by atoms with Gasteiger partial charge in [0.1, 0.15) is 5.82 Å². The molecule has 0 aliphatic heterocycles. The molecule has 4 nitrogen and oxygen atoms in total. The number of benzene rings is 1. The first-order valence-corrected chi connectivity index (χ1v) is 8.26. The Hall–Kier alpha value is -0.840. The lowest BCUT2D eigenvalue weighted by atomic mass is 10.2. The van der Waals surface area contributed by atoms with Gasteiger partial charge in [-0.2, -0.15) is 13.2 Å². The Bertz CT molecular complexity index is 576. The lowest BCUT2D eigenvalue weighted by Gasteiger charge is -2.10. The minimum absolute atomic E-state index is 0.138. The van der Waals surface area contributed by atoms with Crippen molar-refractivity contribution >= 4 is 21.8 Å². The first kappa shape index (κ1) is 18.2. The maximum Gasteiger partial charge on any atom is 0.441 e. The van der Waals surface area contributed by atoms with Gasteiger partial charge in [0, 0.05) is 24.4 Å². The zero-order valence-electron chi connectivity index (χ0n) is 11.0. The highest BCUT2D eigenvalue weighted by atomic mass is 32.2. The Kier molecular flexibility index (Phi) is 6.44. The van der Waals surface area contributed by atoms with Gasteiger partial charge in [-0.05, 0) is 37.0 Å². The van der Waals surface area contributed by atoms with Crippen LogP contribution in [0.3, 0.4) is 0 Å². The average molecular weight is 346 g/mol. The molecule has 0 spiro atoms. The maximum absolute atomic E-state index is 13.4. The number of hydrogen-bond acceptors (Lipinski definition) is 4. The Labute approximate surface area is 124 Å². The van der Waals surface area contributed by atoms with Crippen molar-refractivity contribution in [3.63, 3.8) is 0 Å². The molecule has 0 aromatic heterocycles. The summed E-state index contributed by atoms with van der Waals surface area (Å²) in [5, 5.41) is 2.69. The van der Waals surface area contributed by atoms with E-state index >= 15 is 0 Å². The van der Waals surface area contributed by atoms with E-state index in [0.29, 0.717) is 0 Å². The van der Waals surface area contributed by atoms with Gasteiger partial charge < -0.3 is 5.32 Å². The van der Waals surface area contributed by atoms with Crippen LogP contribution in [0.5, 0.6) is 0 Å². The van der Waals surface area contributed by atoms with Crippen LogP contribution >= 0.6 is 11.8 Å². The molecule has 0 amide bonds. The van der Waals surface area contributed by atoms with Crippen LogP contribution < -0.4 is 10.0 Å². The third-order valence-corrected chi connectivity index (χ3v) is 4.55. The quantitative estimate of drug-likeness (QED) is 0.586. The molecule has 1 aromatic carbocycles. The molecule has 0 aliphatic carbocycles. The molecule has 0 unspecified atom stereocenters. The lowest BCUT2D eigenvalue weighted by Crippen LogP contribution is -2.27. The highest BCUT2D eigenvalue weighted by Gasteiger charge is 2.27. The smallest absolute Gasteiger partial charge is 0.316 e. The van der Waals surface area contributed by atoms with Crippen molar-refractivity contribution in [2.24, 2.45) is 0 Å². The van der Waals surface area contributed by atoms with Crippen molar-refractivity contribution in [3.05, 3.63) is 29.6 Å². The highest BCUT2D eigenvalue weighted by Crippen LogP contribution is 2.29. The molecular weight excluding hydrogens is 332 g/mol. The Balaban J connectivity index is 2.72. The van der Waals surface area contributed by atoms with E-state index in [1.54, 1.807) is 7.05 Å². The van der Waals surface area contributed by atoms with Gasteiger partial charge in [0.15, 0.2) is 0 Å². The SMILES string of the molecule is CNCc1cc(S(=O)(=O)NCCSC(F)(F)F)ccc1F. The summed E-state index contributed by atoms with van der Waals surface area (Å²) in [7, 11) is -2.38. The van der Waals surface area contributed by atoms with Gasteiger partial charge in [-0.15, -0.1) is 0 Å². The Morgan fingerprint density at radius 3 is 2.52 bits per heavy atom. The van der Waals surface area contributed by atoms with Crippen LogP contribution in [-0.2, 0) is 16.6 Å². The summed E-state index contributed by atoms with van der Waals surface area (Å²) in [6.45, 7) is -0.232. The molecule has 0 bridgehead atoms. The van der Waals surface area contributed by atoms with Crippen molar-refractivity contribution in [1.29, 1.82) is 0 Å². The second-order valence-corrected chi connectivity index (χ2v) is 6.90. The maximum atomic E-state index is 13.4. The number of alkyl halides is 3. The minimum atomic E-state index is -4.40. The molecule has 120 valence electrons. The van der Waals surface area contributed by atoms with E-state index in [2.05, 4.69) is 5.32 Å². The Morgan fingerprint density at radius 2 is 1.95 bits per heavy atom. The molecule has 10 heteroatoms. The number of halogens is 4. The van der Waals surface area contributed by atoms with Gasteiger partial charge in [0.05, 0.1) is 4.90 Å². The van der Waals surface area contributed by atoms with Gasteiger partial charge in [-0.1, -0.05) is 0 Å². The van der Waals surface area contributed by atoms with Crippen LogP contribution in [0.4, 0.5) is 17.6 Å². The summed E-state index contributed by atoms with van der Waals surface area (Å²) in [6.07, 6.45) is 0. The largest absolute Gasteiger partial charge is 0.441 e. The third kappa shape index (κ3) is 6.20. The van der Waals surface area contributed by atoms with Gasteiger partial charge in [0.25, 0.3) is 0 Å². The number of nitrogens with one attached hydrogen (secondary N) is 2. The molecule has 0 atom stereocenters. The van der Waals surface area contributed by atoms with Crippen molar-refractivity contribution in [3.8, 4) is 0 Å². The molecule has 0 heterocycles. The second-order valence-electron chi connectivity index (χ2n) is 3.98. The topological polar surface area (TPSA) is 58.2 Å². The van der Waals surface area contributed by atoms with Gasteiger partial charge in [-0.3, -0.25) is 0 Å². The first-order valence-electron chi connectivity index (χ1n) is 5.79. The van der Waals surface area contributed by atoms with Crippen LogP contribution in [0.25, 0.3) is 0 Å². The molecule has 1 rings (SSSR count). The summed E-state index contributed by atoms with van der Waals surface area (Å²) >= 11 is -0.314. The predicted octanol–water partition coefficient (Wildman–Crippen LogP) is 2.08. The number of thioether (sulfide) groups is 1. The molecule has 1 aromatic rings. The standard InChI is InChI=1S/C11H14F4N2O2S2/c1-16-7-8-6-9(2-3-10(8)12)21(18,19)17-4-5-20-11(13,14)15/h2-3,6,16-17H,4-5,7H2,1H3. The molecule has 21 heavy (non-hydrogen) atoms. The predicted molar refractivity (Wildman–Crippen MR) is 72.9 cm³/mol. The highest BCUT2D eigenvalue weighted by molar-refractivity contribution is 8.00. The monoisotopic (exact) mass is 346 g/mol. The minimum Gasteiger partial charge on any atom is -0.316 e. The summed E-state index contributed by atoms with van der Waals surface area (Å²) in [5.41, 5.74) is -4.24. The fourth-order valence-corrected chi connectivity index (χ4v) is 3.12. The summed E-state index contributed by atoms with van der Waals surface area (Å²) < 4.78 is 75.0. The van der Waals surface area contributed by atoms with Gasteiger partial charge in [-0.25, -0.2) is 17.5 Å². The van der Waals surface area contributed by atoms with Crippen molar-refractivity contribution in [2.75, 3.05) is 19.3 Å². The fraction of sp³-hybridized carbons (Fsp3) is 0.455. The van der Waals surface area contributed by atoms with Crippen molar-refractivity contribution in [2.45, 2.75) is 16.9 Å². The summed E-state index contributed by atoms with van der Waals surface area (Å²) in [4.78, 5) is -0.189. The van der Waals surface area contributed by atoms with Crippen molar-refractivity contribution in [1.82, 2.24) is 10.0 Å².